The zero-order chi connectivity index (χ0) is 16.6. The Bertz CT molecular complexity index is 831. The van der Waals surface area contributed by atoms with E-state index in [1.165, 1.54) is 17.6 Å². The van der Waals surface area contributed by atoms with Gasteiger partial charge in [0.2, 0.25) is 4.80 Å². The van der Waals surface area contributed by atoms with Gasteiger partial charge in [0.15, 0.2) is 0 Å². The molecule has 1 aromatic carbocycles. The molecule has 2 aromatic rings. The van der Waals surface area contributed by atoms with Crippen LogP contribution in [0.4, 0.5) is 10.1 Å². The fourth-order valence-corrected chi connectivity index (χ4v) is 3.50. The summed E-state index contributed by atoms with van der Waals surface area (Å²) in [7, 11) is 0. The van der Waals surface area contributed by atoms with Gasteiger partial charge in [-0.15, -0.1) is 0 Å². The molecule has 8 heteroatoms. The summed E-state index contributed by atoms with van der Waals surface area (Å²) in [5.41, 5.74) is 0.157. The SMILES string of the molecule is CCOC(=O)c1cc(N=c2snc3n2CC(C)C3)c(F)cc1Cl. The Hall–Kier alpha value is -1.73. The van der Waals surface area contributed by atoms with Gasteiger partial charge in [-0.1, -0.05) is 18.5 Å². The molecule has 1 aromatic heterocycles. The van der Waals surface area contributed by atoms with Crippen LogP contribution in [-0.4, -0.2) is 21.5 Å². The summed E-state index contributed by atoms with van der Waals surface area (Å²) in [6, 6.07) is 2.40. The third-order valence-corrected chi connectivity index (χ3v) is 4.64. The van der Waals surface area contributed by atoms with Crippen molar-refractivity contribution >= 4 is 34.8 Å². The first-order valence-corrected chi connectivity index (χ1v) is 8.41. The second kappa shape index (κ2) is 6.41. The minimum absolute atomic E-state index is 0.00992. The Morgan fingerprint density at radius 2 is 2.39 bits per heavy atom. The van der Waals surface area contributed by atoms with E-state index in [2.05, 4.69) is 16.3 Å². The van der Waals surface area contributed by atoms with Crippen LogP contribution in [0.25, 0.3) is 0 Å². The fraction of sp³-hybridized carbons (Fsp3) is 0.400. The first-order valence-electron chi connectivity index (χ1n) is 7.26. The Kier molecular flexibility index (Phi) is 4.50. The average Bonchev–Trinajstić information content (AvgIpc) is 3.02. The number of carbonyl (C=O) groups excluding carboxylic acids is 1. The molecule has 23 heavy (non-hydrogen) atoms. The van der Waals surface area contributed by atoms with Crippen LogP contribution in [0.5, 0.6) is 0 Å². The van der Waals surface area contributed by atoms with Gasteiger partial charge in [-0.2, -0.15) is 4.37 Å². The summed E-state index contributed by atoms with van der Waals surface area (Å²) in [5, 5.41) is 0.00992. The number of benzene rings is 1. The predicted octanol–water partition coefficient (Wildman–Crippen LogP) is 3.34. The lowest BCUT2D eigenvalue weighted by Gasteiger charge is -2.06. The molecule has 122 valence electrons. The number of carbonyl (C=O) groups is 1. The van der Waals surface area contributed by atoms with E-state index in [1.807, 2.05) is 4.57 Å². The number of aromatic nitrogens is 2. The molecule has 0 amide bonds. The van der Waals surface area contributed by atoms with Crippen molar-refractivity contribution in [1.29, 1.82) is 0 Å². The van der Waals surface area contributed by atoms with Crippen molar-refractivity contribution in [1.82, 2.24) is 8.94 Å². The minimum Gasteiger partial charge on any atom is -0.462 e. The van der Waals surface area contributed by atoms with Crippen molar-refractivity contribution < 1.29 is 13.9 Å². The molecule has 2 heterocycles. The van der Waals surface area contributed by atoms with Gasteiger partial charge in [0.05, 0.1) is 17.2 Å². The van der Waals surface area contributed by atoms with Gasteiger partial charge >= 0.3 is 5.97 Å². The van der Waals surface area contributed by atoms with E-state index in [9.17, 15) is 9.18 Å². The van der Waals surface area contributed by atoms with E-state index in [4.69, 9.17) is 16.3 Å². The second-order valence-electron chi connectivity index (χ2n) is 5.42. The summed E-state index contributed by atoms with van der Waals surface area (Å²) in [4.78, 5) is 16.8. The topological polar surface area (TPSA) is 56.5 Å². The highest BCUT2D eigenvalue weighted by atomic mass is 35.5. The van der Waals surface area contributed by atoms with E-state index in [1.54, 1.807) is 6.92 Å². The molecule has 1 aliphatic rings. The predicted molar refractivity (Wildman–Crippen MR) is 85.6 cm³/mol. The molecule has 5 nitrogen and oxygen atoms in total. The molecular formula is C15H15ClFN3O2S. The number of fused-ring (bicyclic) bond motifs is 1. The van der Waals surface area contributed by atoms with Crippen molar-refractivity contribution in [3.05, 3.63) is 39.2 Å². The van der Waals surface area contributed by atoms with Crippen LogP contribution in [-0.2, 0) is 17.7 Å². The number of halogens is 2. The maximum Gasteiger partial charge on any atom is 0.339 e. The number of nitrogens with zero attached hydrogens (tertiary/aromatic N) is 3. The van der Waals surface area contributed by atoms with Crippen LogP contribution in [0.2, 0.25) is 5.02 Å². The largest absolute Gasteiger partial charge is 0.462 e. The first-order chi connectivity index (χ1) is 11.0. The summed E-state index contributed by atoms with van der Waals surface area (Å²) < 4.78 is 25.4. The molecule has 0 radical (unpaired) electrons. The quantitative estimate of drug-likeness (QED) is 0.793. The number of rotatable bonds is 3. The molecule has 1 atom stereocenters. The van der Waals surface area contributed by atoms with Gasteiger partial charge < -0.3 is 9.30 Å². The third-order valence-electron chi connectivity index (χ3n) is 3.55. The Balaban J connectivity index is 2.06. The van der Waals surface area contributed by atoms with Gasteiger partial charge in [0, 0.05) is 24.5 Å². The molecule has 0 spiro atoms. The smallest absolute Gasteiger partial charge is 0.339 e. The van der Waals surface area contributed by atoms with Gasteiger partial charge in [0.25, 0.3) is 0 Å². The van der Waals surface area contributed by atoms with Gasteiger partial charge in [-0.25, -0.2) is 14.2 Å². The first kappa shape index (κ1) is 16.1. The highest BCUT2D eigenvalue weighted by Crippen LogP contribution is 2.27. The standard InChI is InChI=1S/C15H15ClFN3O2S/c1-3-22-14(21)9-5-12(11(17)6-10(9)16)18-15-20-7-8(2)4-13(20)19-23-15/h5-6,8H,3-4,7H2,1-2H3. The van der Waals surface area contributed by atoms with E-state index >= 15 is 0 Å². The number of ether oxygens (including phenoxy) is 1. The van der Waals surface area contributed by atoms with Crippen LogP contribution in [0.3, 0.4) is 0 Å². The van der Waals surface area contributed by atoms with Crippen molar-refractivity contribution in [2.24, 2.45) is 10.9 Å². The Labute approximate surface area is 141 Å². The van der Waals surface area contributed by atoms with Crippen LogP contribution < -0.4 is 4.80 Å². The molecule has 0 saturated heterocycles. The van der Waals surface area contributed by atoms with Crippen molar-refractivity contribution in [3.8, 4) is 0 Å². The molecule has 0 saturated carbocycles. The summed E-state index contributed by atoms with van der Waals surface area (Å²) in [6.07, 6.45) is 0.892. The molecule has 0 aliphatic carbocycles. The molecule has 1 unspecified atom stereocenters. The second-order valence-corrected chi connectivity index (χ2v) is 6.55. The van der Waals surface area contributed by atoms with Crippen molar-refractivity contribution in [2.75, 3.05) is 6.61 Å². The lowest BCUT2D eigenvalue weighted by molar-refractivity contribution is 0.0526. The van der Waals surface area contributed by atoms with Crippen LogP contribution in [0.1, 0.15) is 30.0 Å². The zero-order valence-corrected chi connectivity index (χ0v) is 14.2. The number of hydrogen-bond donors (Lipinski definition) is 0. The maximum absolute atomic E-state index is 14.1. The lowest BCUT2D eigenvalue weighted by atomic mass is 10.1. The monoisotopic (exact) mass is 355 g/mol. The van der Waals surface area contributed by atoms with Gasteiger partial charge in [-0.3, -0.25) is 0 Å². The number of esters is 1. The average molecular weight is 356 g/mol. The van der Waals surface area contributed by atoms with Crippen LogP contribution >= 0.6 is 23.1 Å². The zero-order valence-electron chi connectivity index (χ0n) is 12.7. The normalized spacial score (nSPS) is 17.4. The lowest BCUT2D eigenvalue weighted by Crippen LogP contribution is -2.14. The fourth-order valence-electron chi connectivity index (χ4n) is 2.49. The molecule has 3 rings (SSSR count). The third kappa shape index (κ3) is 3.16. The van der Waals surface area contributed by atoms with E-state index < -0.39 is 11.8 Å². The molecule has 0 N–H and O–H groups in total. The van der Waals surface area contributed by atoms with E-state index in [-0.39, 0.29) is 22.9 Å². The van der Waals surface area contributed by atoms with Crippen LogP contribution in [0.15, 0.2) is 17.1 Å². The van der Waals surface area contributed by atoms with Crippen molar-refractivity contribution in [3.63, 3.8) is 0 Å². The van der Waals surface area contributed by atoms with Gasteiger partial charge in [-0.05, 0) is 25.0 Å². The van der Waals surface area contributed by atoms with Gasteiger partial charge in [0.1, 0.15) is 17.3 Å². The number of hydrogen-bond acceptors (Lipinski definition) is 5. The highest BCUT2D eigenvalue weighted by molar-refractivity contribution is 7.02. The summed E-state index contributed by atoms with van der Waals surface area (Å²) in [5.74, 6) is 0.271. The van der Waals surface area contributed by atoms with E-state index in [0.29, 0.717) is 10.7 Å². The summed E-state index contributed by atoms with van der Waals surface area (Å²) >= 11 is 7.15. The Morgan fingerprint density at radius 3 is 3.13 bits per heavy atom. The Morgan fingerprint density at radius 1 is 1.61 bits per heavy atom. The molecule has 1 aliphatic heterocycles. The molecular weight excluding hydrogens is 341 g/mol. The molecule has 0 fully saturated rings. The van der Waals surface area contributed by atoms with E-state index in [0.717, 1.165) is 24.9 Å². The maximum atomic E-state index is 14.1. The summed E-state index contributed by atoms with van der Waals surface area (Å²) in [6.45, 7) is 4.85. The highest BCUT2D eigenvalue weighted by Gasteiger charge is 2.21. The molecule has 0 bridgehead atoms. The van der Waals surface area contributed by atoms with Crippen LogP contribution in [0, 0.1) is 11.7 Å². The van der Waals surface area contributed by atoms with Crippen molar-refractivity contribution in [2.45, 2.75) is 26.8 Å². The minimum atomic E-state index is -0.593.